The van der Waals surface area contributed by atoms with E-state index >= 15 is 0 Å². The molecule has 1 saturated heterocycles. The number of hydrogen-bond donors (Lipinski definition) is 1. The highest BCUT2D eigenvalue weighted by atomic mass is 16.2. The van der Waals surface area contributed by atoms with Crippen LogP contribution in [0.4, 0.5) is 0 Å². The summed E-state index contributed by atoms with van der Waals surface area (Å²) in [5.41, 5.74) is 0. The fraction of sp³-hybridized carbons (Fsp3) is 0.818. The first-order valence-electron chi connectivity index (χ1n) is 5.65. The largest absolute Gasteiger partial charge is 0.341 e. The van der Waals surface area contributed by atoms with Crippen LogP contribution in [-0.4, -0.2) is 36.5 Å². The van der Waals surface area contributed by atoms with Gasteiger partial charge in [-0.05, 0) is 26.2 Å². The highest BCUT2D eigenvalue weighted by Gasteiger charge is 2.21. The van der Waals surface area contributed by atoms with E-state index in [1.165, 1.54) is 6.42 Å². The van der Waals surface area contributed by atoms with Crippen molar-refractivity contribution in [2.45, 2.75) is 38.6 Å². The second kappa shape index (κ2) is 6.41. The fourth-order valence-electron chi connectivity index (χ4n) is 1.82. The second-order valence-corrected chi connectivity index (χ2v) is 3.97. The highest BCUT2D eigenvalue weighted by Crippen LogP contribution is 2.09. The molecule has 1 fully saturated rings. The maximum absolute atomic E-state index is 11.9. The number of rotatable bonds is 4. The summed E-state index contributed by atoms with van der Waals surface area (Å²) in [6.45, 7) is 4.25. The Morgan fingerprint density at radius 2 is 2.13 bits per heavy atom. The average Bonchev–Trinajstić information content (AvgIpc) is 2.29. The molecule has 1 amide bonds. The predicted molar refractivity (Wildman–Crippen MR) is 58.1 cm³/mol. The van der Waals surface area contributed by atoms with Crippen LogP contribution >= 0.6 is 0 Å². The van der Waals surface area contributed by atoms with Gasteiger partial charge in [0.1, 0.15) is 0 Å². The molecule has 1 rings (SSSR count). The zero-order chi connectivity index (χ0) is 11.1. The molecule has 1 aliphatic heterocycles. The van der Waals surface area contributed by atoms with E-state index in [1.807, 2.05) is 11.8 Å². The summed E-state index contributed by atoms with van der Waals surface area (Å²) in [6.07, 6.45) is 3.94. The molecule has 4 nitrogen and oxygen atoms in total. The Hall–Kier alpha value is -1.08. The summed E-state index contributed by atoms with van der Waals surface area (Å²) in [5, 5.41) is 11.4. The molecule has 0 aromatic carbocycles. The minimum Gasteiger partial charge on any atom is -0.341 e. The summed E-state index contributed by atoms with van der Waals surface area (Å²) in [6, 6.07) is 1.90. The summed E-state index contributed by atoms with van der Waals surface area (Å²) in [7, 11) is 0. The Balaban J connectivity index is 2.28. The number of likely N-dealkylation sites (tertiary alicyclic amines) is 1. The molecular formula is C11H19N3O. The van der Waals surface area contributed by atoms with E-state index in [9.17, 15) is 4.79 Å². The molecule has 15 heavy (non-hydrogen) atoms. The first kappa shape index (κ1) is 12.0. The summed E-state index contributed by atoms with van der Waals surface area (Å²) in [5.74, 6) is 0.174. The van der Waals surface area contributed by atoms with Crippen LogP contribution < -0.4 is 5.32 Å². The molecule has 0 saturated carbocycles. The molecule has 1 N–H and O–H groups in total. The van der Waals surface area contributed by atoms with Gasteiger partial charge >= 0.3 is 0 Å². The molecule has 0 aromatic heterocycles. The van der Waals surface area contributed by atoms with Gasteiger partial charge in [-0.1, -0.05) is 0 Å². The number of carbonyl (C=O) groups is 1. The van der Waals surface area contributed by atoms with Crippen LogP contribution in [0, 0.1) is 11.3 Å². The predicted octanol–water partition coefficient (Wildman–Crippen LogP) is 0.891. The van der Waals surface area contributed by atoms with Crippen molar-refractivity contribution in [2.75, 3.05) is 19.6 Å². The molecule has 0 aliphatic carbocycles. The first-order valence-corrected chi connectivity index (χ1v) is 5.65. The van der Waals surface area contributed by atoms with Crippen LogP contribution in [0.2, 0.25) is 0 Å². The van der Waals surface area contributed by atoms with Gasteiger partial charge in [-0.15, -0.1) is 0 Å². The minimum absolute atomic E-state index is 0.156. The van der Waals surface area contributed by atoms with Gasteiger partial charge in [0.2, 0.25) is 5.91 Å². The van der Waals surface area contributed by atoms with E-state index in [2.05, 4.69) is 11.4 Å². The number of nitriles is 1. The summed E-state index contributed by atoms with van der Waals surface area (Å²) >= 11 is 0. The average molecular weight is 209 g/mol. The quantitative estimate of drug-likeness (QED) is 0.700. The standard InChI is InChI=1S/C11H19N3O/c1-10(13-7-5-6-12)11(15)14-8-3-2-4-9-14/h10,13H,2-5,7-9H2,1H3. The van der Waals surface area contributed by atoms with Crippen LogP contribution in [0.15, 0.2) is 0 Å². The van der Waals surface area contributed by atoms with Gasteiger partial charge in [-0.25, -0.2) is 0 Å². The number of nitrogens with one attached hydrogen (secondary N) is 1. The van der Waals surface area contributed by atoms with Crippen molar-refractivity contribution < 1.29 is 4.79 Å². The number of amides is 1. The molecule has 1 aliphatic rings. The Morgan fingerprint density at radius 3 is 2.73 bits per heavy atom. The van der Waals surface area contributed by atoms with E-state index < -0.39 is 0 Å². The Labute approximate surface area is 91.2 Å². The molecule has 0 radical (unpaired) electrons. The van der Waals surface area contributed by atoms with Crippen molar-refractivity contribution in [3.05, 3.63) is 0 Å². The summed E-state index contributed by atoms with van der Waals surface area (Å²) < 4.78 is 0. The number of hydrogen-bond acceptors (Lipinski definition) is 3. The molecule has 1 unspecified atom stereocenters. The summed E-state index contributed by atoms with van der Waals surface area (Å²) in [4.78, 5) is 13.8. The van der Waals surface area contributed by atoms with Gasteiger partial charge in [0.15, 0.2) is 0 Å². The molecule has 0 aromatic rings. The maximum atomic E-state index is 11.9. The van der Waals surface area contributed by atoms with Crippen LogP contribution in [0.3, 0.4) is 0 Å². The Bertz CT molecular complexity index is 241. The van der Waals surface area contributed by atoms with Gasteiger partial charge in [-0.3, -0.25) is 4.79 Å². The smallest absolute Gasteiger partial charge is 0.239 e. The third-order valence-electron chi connectivity index (χ3n) is 2.73. The van der Waals surface area contributed by atoms with Crippen LogP contribution in [0.25, 0.3) is 0 Å². The SMILES string of the molecule is CC(NCCC#N)C(=O)N1CCCCC1. The van der Waals surface area contributed by atoms with Crippen molar-refractivity contribution in [3.8, 4) is 6.07 Å². The number of nitrogens with zero attached hydrogens (tertiary/aromatic N) is 2. The molecule has 1 atom stereocenters. The lowest BCUT2D eigenvalue weighted by Crippen LogP contribution is -2.46. The molecular weight excluding hydrogens is 190 g/mol. The lowest BCUT2D eigenvalue weighted by atomic mass is 10.1. The van der Waals surface area contributed by atoms with Gasteiger partial charge < -0.3 is 10.2 Å². The van der Waals surface area contributed by atoms with Crippen molar-refractivity contribution in [2.24, 2.45) is 0 Å². The van der Waals surface area contributed by atoms with E-state index in [0.29, 0.717) is 13.0 Å². The molecule has 4 heteroatoms. The molecule has 84 valence electrons. The Morgan fingerprint density at radius 1 is 1.47 bits per heavy atom. The molecule has 0 spiro atoms. The zero-order valence-electron chi connectivity index (χ0n) is 9.33. The monoisotopic (exact) mass is 209 g/mol. The first-order chi connectivity index (χ1) is 7.25. The van der Waals surface area contributed by atoms with Gasteiger partial charge in [-0.2, -0.15) is 5.26 Å². The maximum Gasteiger partial charge on any atom is 0.239 e. The van der Waals surface area contributed by atoms with Crippen molar-refractivity contribution in [1.82, 2.24) is 10.2 Å². The van der Waals surface area contributed by atoms with Crippen LogP contribution in [0.5, 0.6) is 0 Å². The highest BCUT2D eigenvalue weighted by molar-refractivity contribution is 5.81. The van der Waals surface area contributed by atoms with Crippen molar-refractivity contribution >= 4 is 5.91 Å². The normalized spacial score (nSPS) is 18.3. The number of carbonyl (C=O) groups excluding carboxylic acids is 1. The fourth-order valence-corrected chi connectivity index (χ4v) is 1.82. The van der Waals surface area contributed by atoms with Gasteiger partial charge in [0, 0.05) is 26.1 Å². The lowest BCUT2D eigenvalue weighted by molar-refractivity contribution is -0.133. The van der Waals surface area contributed by atoms with Crippen molar-refractivity contribution in [3.63, 3.8) is 0 Å². The number of piperidine rings is 1. The Kier molecular flexibility index (Phi) is 5.13. The second-order valence-electron chi connectivity index (χ2n) is 3.97. The van der Waals surface area contributed by atoms with Gasteiger partial charge in [0.25, 0.3) is 0 Å². The third-order valence-corrected chi connectivity index (χ3v) is 2.73. The van der Waals surface area contributed by atoms with Crippen LogP contribution in [0.1, 0.15) is 32.6 Å². The van der Waals surface area contributed by atoms with E-state index in [-0.39, 0.29) is 11.9 Å². The van der Waals surface area contributed by atoms with E-state index in [1.54, 1.807) is 0 Å². The van der Waals surface area contributed by atoms with E-state index in [0.717, 1.165) is 25.9 Å². The lowest BCUT2D eigenvalue weighted by Gasteiger charge is -2.29. The van der Waals surface area contributed by atoms with Crippen molar-refractivity contribution in [1.29, 1.82) is 5.26 Å². The minimum atomic E-state index is -0.156. The van der Waals surface area contributed by atoms with Crippen LogP contribution in [-0.2, 0) is 4.79 Å². The zero-order valence-corrected chi connectivity index (χ0v) is 9.33. The van der Waals surface area contributed by atoms with E-state index in [4.69, 9.17) is 5.26 Å². The molecule has 0 bridgehead atoms. The van der Waals surface area contributed by atoms with Gasteiger partial charge in [0.05, 0.1) is 12.1 Å². The topological polar surface area (TPSA) is 56.1 Å². The molecule has 1 heterocycles. The third kappa shape index (κ3) is 3.88.